The third-order valence-electron chi connectivity index (χ3n) is 5.12. The molecule has 1 N–H and O–H groups in total. The molecule has 0 unspecified atom stereocenters. The Labute approximate surface area is 189 Å². The number of benzene rings is 2. The molecule has 166 valence electrons. The number of nitrogens with zero attached hydrogens (tertiary/aromatic N) is 3. The first-order chi connectivity index (χ1) is 15.5. The minimum absolute atomic E-state index is 0.0435. The molecule has 0 bridgehead atoms. The molecule has 2 aromatic carbocycles. The fourth-order valence-corrected chi connectivity index (χ4v) is 4.74. The van der Waals surface area contributed by atoms with Gasteiger partial charge in [-0.05, 0) is 31.0 Å². The smallest absolute Gasteiger partial charge is 0.271 e. The van der Waals surface area contributed by atoms with E-state index in [-0.39, 0.29) is 24.1 Å². The van der Waals surface area contributed by atoms with Crippen molar-refractivity contribution in [3.8, 4) is 0 Å². The largest absolute Gasteiger partial charge is 0.376 e. The van der Waals surface area contributed by atoms with E-state index in [1.54, 1.807) is 11.0 Å². The second-order valence-corrected chi connectivity index (χ2v) is 8.65. The van der Waals surface area contributed by atoms with Crippen molar-refractivity contribution in [3.05, 3.63) is 64.7 Å². The first-order valence-corrected chi connectivity index (χ1v) is 11.2. The lowest BCUT2D eigenvalue weighted by atomic mass is 10.2. The molecule has 2 saturated heterocycles. The Morgan fingerprint density at radius 1 is 1.25 bits per heavy atom. The summed E-state index contributed by atoms with van der Waals surface area (Å²) in [6.45, 7) is 1.08. The summed E-state index contributed by atoms with van der Waals surface area (Å²) in [6, 6.07) is 15.0. The molecule has 32 heavy (non-hydrogen) atoms. The first kappa shape index (κ1) is 22.0. The van der Waals surface area contributed by atoms with Crippen LogP contribution in [0.1, 0.15) is 19.3 Å². The number of amides is 2. The predicted molar refractivity (Wildman–Crippen MR) is 122 cm³/mol. The molecular weight excluding hydrogens is 432 g/mol. The average Bonchev–Trinajstić information content (AvgIpc) is 3.39. The monoisotopic (exact) mass is 454 g/mol. The zero-order valence-corrected chi connectivity index (χ0v) is 18.0. The Balaban J connectivity index is 1.47. The van der Waals surface area contributed by atoms with Crippen molar-refractivity contribution in [2.24, 2.45) is 4.99 Å². The van der Waals surface area contributed by atoms with Gasteiger partial charge in [-0.25, -0.2) is 4.99 Å². The fraction of sp³-hybridized carbons (Fsp3) is 0.318. The lowest BCUT2D eigenvalue weighted by molar-refractivity contribution is -0.384. The summed E-state index contributed by atoms with van der Waals surface area (Å²) in [4.78, 5) is 42.4. The van der Waals surface area contributed by atoms with Gasteiger partial charge in [0.15, 0.2) is 5.17 Å². The molecule has 2 aliphatic heterocycles. The van der Waals surface area contributed by atoms with Crippen molar-refractivity contribution in [3.63, 3.8) is 0 Å². The van der Waals surface area contributed by atoms with Crippen LogP contribution in [0.25, 0.3) is 0 Å². The number of anilines is 1. The van der Waals surface area contributed by atoms with Crippen LogP contribution in [0.5, 0.6) is 0 Å². The number of carbonyl (C=O) groups is 2. The molecule has 2 amide bonds. The van der Waals surface area contributed by atoms with Gasteiger partial charge in [-0.15, -0.1) is 0 Å². The van der Waals surface area contributed by atoms with Gasteiger partial charge in [-0.2, -0.15) is 0 Å². The van der Waals surface area contributed by atoms with Crippen LogP contribution in [0.4, 0.5) is 17.1 Å². The Morgan fingerprint density at radius 3 is 2.78 bits per heavy atom. The highest BCUT2D eigenvalue weighted by molar-refractivity contribution is 8.15. The Bertz CT molecular complexity index is 1040. The summed E-state index contributed by atoms with van der Waals surface area (Å²) in [6.07, 6.45) is 1.73. The van der Waals surface area contributed by atoms with E-state index < -0.39 is 16.1 Å². The Kier molecular flexibility index (Phi) is 6.81. The van der Waals surface area contributed by atoms with Crippen LogP contribution in [0, 0.1) is 10.1 Å². The van der Waals surface area contributed by atoms with Crippen LogP contribution < -0.4 is 5.32 Å². The topological polar surface area (TPSA) is 114 Å². The molecule has 4 rings (SSSR count). The van der Waals surface area contributed by atoms with Gasteiger partial charge in [0, 0.05) is 30.8 Å². The van der Waals surface area contributed by atoms with Crippen molar-refractivity contribution in [1.29, 1.82) is 0 Å². The van der Waals surface area contributed by atoms with Gasteiger partial charge in [-0.1, -0.05) is 36.0 Å². The number of carbonyl (C=O) groups excluding carboxylic acids is 2. The maximum Gasteiger partial charge on any atom is 0.271 e. The number of thioether (sulfide) groups is 1. The maximum absolute atomic E-state index is 13.1. The molecular formula is C22H22N4O5S. The number of amidine groups is 1. The number of nitro benzene ring substituents is 1. The third kappa shape index (κ3) is 5.32. The third-order valence-corrected chi connectivity index (χ3v) is 6.30. The maximum atomic E-state index is 13.1. The molecule has 0 radical (unpaired) electrons. The number of para-hydroxylation sites is 1. The van der Waals surface area contributed by atoms with E-state index in [4.69, 9.17) is 4.74 Å². The van der Waals surface area contributed by atoms with Gasteiger partial charge in [0.1, 0.15) is 5.25 Å². The van der Waals surface area contributed by atoms with E-state index >= 15 is 0 Å². The normalized spacial score (nSPS) is 21.8. The summed E-state index contributed by atoms with van der Waals surface area (Å²) in [5.74, 6) is -0.580. The molecule has 2 fully saturated rings. The van der Waals surface area contributed by atoms with Crippen molar-refractivity contribution in [2.45, 2.75) is 30.6 Å². The predicted octanol–water partition coefficient (Wildman–Crippen LogP) is 3.73. The van der Waals surface area contributed by atoms with E-state index in [0.29, 0.717) is 24.0 Å². The van der Waals surface area contributed by atoms with Crippen molar-refractivity contribution >= 4 is 45.8 Å². The summed E-state index contributed by atoms with van der Waals surface area (Å²) in [5, 5.41) is 13.5. The van der Waals surface area contributed by atoms with Crippen LogP contribution in [-0.2, 0) is 14.3 Å². The number of rotatable bonds is 7. The molecule has 2 aromatic rings. The SMILES string of the molecule is O=C(C[C@@H]1SC(=Nc2ccccc2)N(C[C@@H]2CCCO2)C1=O)Nc1cccc([N+](=O)[O-])c1. The van der Waals surface area contributed by atoms with E-state index in [9.17, 15) is 19.7 Å². The number of non-ortho nitro benzene ring substituents is 1. The number of nitro groups is 1. The fourth-order valence-electron chi connectivity index (χ4n) is 3.58. The summed E-state index contributed by atoms with van der Waals surface area (Å²) in [7, 11) is 0. The zero-order valence-electron chi connectivity index (χ0n) is 17.2. The molecule has 0 aliphatic carbocycles. The summed E-state index contributed by atoms with van der Waals surface area (Å²) >= 11 is 1.25. The number of ether oxygens (including phenoxy) is 1. The van der Waals surface area contributed by atoms with Crippen LogP contribution >= 0.6 is 11.8 Å². The zero-order chi connectivity index (χ0) is 22.5. The molecule has 0 saturated carbocycles. The second-order valence-electron chi connectivity index (χ2n) is 7.48. The minimum atomic E-state index is -0.627. The highest BCUT2D eigenvalue weighted by Gasteiger charge is 2.40. The minimum Gasteiger partial charge on any atom is -0.376 e. The average molecular weight is 455 g/mol. The standard InChI is InChI=1S/C22H22N4O5S/c27-20(23-16-8-4-9-17(12-16)26(29)30)13-19-21(28)25(14-18-10-5-11-31-18)22(32-19)24-15-6-2-1-3-7-15/h1-4,6-9,12,18-19H,5,10-11,13-14H2,(H,23,27)/t18-,19-/m0/s1. The Hall–Kier alpha value is -3.24. The van der Waals surface area contributed by atoms with E-state index in [2.05, 4.69) is 10.3 Å². The molecule has 2 atom stereocenters. The molecule has 0 aromatic heterocycles. The van der Waals surface area contributed by atoms with Crippen molar-refractivity contribution in [2.75, 3.05) is 18.5 Å². The van der Waals surface area contributed by atoms with E-state index in [1.807, 2.05) is 30.3 Å². The quantitative estimate of drug-likeness (QED) is 0.504. The molecule has 10 heteroatoms. The Morgan fingerprint density at radius 2 is 2.06 bits per heavy atom. The second kappa shape index (κ2) is 9.92. The van der Waals surface area contributed by atoms with Gasteiger partial charge in [0.25, 0.3) is 5.69 Å². The first-order valence-electron chi connectivity index (χ1n) is 10.3. The van der Waals surface area contributed by atoms with Gasteiger partial charge < -0.3 is 10.1 Å². The van der Waals surface area contributed by atoms with Gasteiger partial charge in [0.2, 0.25) is 11.8 Å². The van der Waals surface area contributed by atoms with Crippen LogP contribution in [-0.4, -0.2) is 51.3 Å². The lowest BCUT2D eigenvalue weighted by Gasteiger charge is -2.20. The molecule has 0 spiro atoms. The van der Waals surface area contributed by atoms with E-state index in [0.717, 1.165) is 18.5 Å². The van der Waals surface area contributed by atoms with Gasteiger partial charge in [-0.3, -0.25) is 24.6 Å². The number of hydrogen-bond acceptors (Lipinski definition) is 7. The number of hydrogen-bond donors (Lipinski definition) is 1. The van der Waals surface area contributed by atoms with E-state index in [1.165, 1.54) is 30.0 Å². The van der Waals surface area contributed by atoms with Crippen LogP contribution in [0.15, 0.2) is 59.6 Å². The van der Waals surface area contributed by atoms with Crippen molar-refractivity contribution in [1.82, 2.24) is 4.90 Å². The molecule has 2 heterocycles. The van der Waals surface area contributed by atoms with Crippen molar-refractivity contribution < 1.29 is 19.2 Å². The summed E-state index contributed by atoms with van der Waals surface area (Å²) in [5.41, 5.74) is 0.921. The van der Waals surface area contributed by atoms with Crippen LogP contribution in [0.2, 0.25) is 0 Å². The highest BCUT2D eigenvalue weighted by atomic mass is 32.2. The van der Waals surface area contributed by atoms with Gasteiger partial charge >= 0.3 is 0 Å². The lowest BCUT2D eigenvalue weighted by Crippen LogP contribution is -2.38. The van der Waals surface area contributed by atoms with Gasteiger partial charge in [0.05, 0.1) is 23.3 Å². The number of aliphatic imine (C=N–C) groups is 1. The number of nitrogens with one attached hydrogen (secondary N) is 1. The van der Waals surface area contributed by atoms with Crippen LogP contribution in [0.3, 0.4) is 0 Å². The summed E-state index contributed by atoms with van der Waals surface area (Å²) < 4.78 is 5.70. The molecule has 9 nitrogen and oxygen atoms in total. The highest BCUT2D eigenvalue weighted by Crippen LogP contribution is 2.33. The molecule has 2 aliphatic rings.